The zero-order valence-electron chi connectivity index (χ0n) is 6.66. The molecule has 62 valence electrons. The predicted molar refractivity (Wildman–Crippen MR) is 38.0 cm³/mol. The summed E-state index contributed by atoms with van der Waals surface area (Å²) in [6.45, 7) is 0.852. The molecule has 0 aromatic rings. The van der Waals surface area contributed by atoms with Crippen molar-refractivity contribution < 1.29 is 14.3 Å². The summed E-state index contributed by atoms with van der Waals surface area (Å²) in [4.78, 5) is 23.8. The highest BCUT2D eigenvalue weighted by molar-refractivity contribution is 6.01. The van der Waals surface area contributed by atoms with Gasteiger partial charge in [-0.3, -0.25) is 14.5 Å². The Hall–Kier alpha value is -0.900. The van der Waals surface area contributed by atoms with E-state index in [4.69, 9.17) is 0 Å². The van der Waals surface area contributed by atoms with Crippen LogP contribution in [0.3, 0.4) is 0 Å². The van der Waals surface area contributed by atoms with Gasteiger partial charge in [0.25, 0.3) is 0 Å². The molecule has 0 radical (unpaired) electrons. The van der Waals surface area contributed by atoms with Gasteiger partial charge in [-0.05, 0) is 7.05 Å². The molecule has 4 heteroatoms. The lowest BCUT2D eigenvalue weighted by atomic mass is 10.1. The van der Waals surface area contributed by atoms with Crippen LogP contribution >= 0.6 is 0 Å². The first kappa shape index (κ1) is 8.20. The lowest BCUT2D eigenvalue weighted by molar-refractivity contribution is -0.147. The van der Waals surface area contributed by atoms with Gasteiger partial charge in [-0.1, -0.05) is 0 Å². The van der Waals surface area contributed by atoms with Gasteiger partial charge in [-0.15, -0.1) is 0 Å². The van der Waals surface area contributed by atoms with Gasteiger partial charge in [0.2, 0.25) is 0 Å². The number of esters is 1. The fraction of sp³-hybridized carbons (Fsp3) is 0.714. The third-order valence-electron chi connectivity index (χ3n) is 1.79. The van der Waals surface area contributed by atoms with Crippen molar-refractivity contribution in [2.45, 2.75) is 0 Å². The molecule has 1 rings (SSSR count). The van der Waals surface area contributed by atoms with Crippen molar-refractivity contribution in [2.75, 3.05) is 27.2 Å². The van der Waals surface area contributed by atoms with Crippen molar-refractivity contribution in [2.24, 2.45) is 5.92 Å². The lowest BCUT2D eigenvalue weighted by Crippen LogP contribution is -2.23. The number of ketones is 1. The normalized spacial score (nSPS) is 25.6. The van der Waals surface area contributed by atoms with Gasteiger partial charge in [0, 0.05) is 6.54 Å². The van der Waals surface area contributed by atoms with Crippen molar-refractivity contribution in [3.63, 3.8) is 0 Å². The van der Waals surface area contributed by atoms with Crippen molar-refractivity contribution in [3.8, 4) is 0 Å². The van der Waals surface area contributed by atoms with E-state index in [1.54, 1.807) is 7.05 Å². The summed E-state index contributed by atoms with van der Waals surface area (Å²) in [7, 11) is 3.11. The Labute approximate surface area is 65.1 Å². The quantitative estimate of drug-likeness (QED) is 0.372. The summed E-state index contributed by atoms with van der Waals surface area (Å²) < 4.78 is 4.47. The topological polar surface area (TPSA) is 46.6 Å². The zero-order valence-corrected chi connectivity index (χ0v) is 6.66. The minimum absolute atomic E-state index is 0.0423. The van der Waals surface area contributed by atoms with Crippen LogP contribution in [0.2, 0.25) is 0 Å². The standard InChI is InChI=1S/C7H11NO3/c1-8-3-5(6(9)4-8)7(10)11-2/h5H,3-4H2,1-2H3/t5-/m0/s1. The fourth-order valence-electron chi connectivity index (χ4n) is 1.20. The molecule has 0 saturated carbocycles. The Balaban J connectivity index is 2.60. The second kappa shape index (κ2) is 3.00. The second-order valence-electron chi connectivity index (χ2n) is 2.74. The summed E-state index contributed by atoms with van der Waals surface area (Å²) >= 11 is 0. The highest BCUT2D eigenvalue weighted by atomic mass is 16.5. The Kier molecular flexibility index (Phi) is 2.24. The summed E-state index contributed by atoms with van der Waals surface area (Å²) in [6, 6.07) is 0. The first-order chi connectivity index (χ1) is 5.15. The van der Waals surface area contributed by atoms with Gasteiger partial charge in [0.1, 0.15) is 5.92 Å². The number of hydrogen-bond donors (Lipinski definition) is 0. The summed E-state index contributed by atoms with van der Waals surface area (Å²) in [5.74, 6) is -1.01. The van der Waals surface area contributed by atoms with E-state index in [9.17, 15) is 9.59 Å². The Morgan fingerprint density at radius 1 is 1.73 bits per heavy atom. The van der Waals surface area contributed by atoms with Crippen LogP contribution in [0.1, 0.15) is 0 Å². The minimum atomic E-state index is -0.551. The van der Waals surface area contributed by atoms with Gasteiger partial charge < -0.3 is 4.74 Å². The number of rotatable bonds is 1. The zero-order chi connectivity index (χ0) is 8.43. The molecule has 0 unspecified atom stereocenters. The average Bonchev–Trinajstić information content (AvgIpc) is 2.28. The van der Waals surface area contributed by atoms with E-state index in [1.165, 1.54) is 7.11 Å². The van der Waals surface area contributed by atoms with Gasteiger partial charge >= 0.3 is 5.97 Å². The number of methoxy groups -OCH3 is 1. The lowest BCUT2D eigenvalue weighted by Gasteiger charge is -2.05. The number of carbonyl (C=O) groups excluding carboxylic acids is 2. The first-order valence-corrected chi connectivity index (χ1v) is 3.44. The van der Waals surface area contributed by atoms with Gasteiger partial charge in [0.15, 0.2) is 5.78 Å². The number of likely N-dealkylation sites (N-methyl/N-ethyl adjacent to an activating group) is 1. The van der Waals surface area contributed by atoms with Crippen LogP contribution in [0.25, 0.3) is 0 Å². The monoisotopic (exact) mass is 157 g/mol. The molecule has 1 aliphatic heterocycles. The number of Topliss-reactive ketones (excluding diaryl/α,β-unsaturated/α-hetero) is 1. The Morgan fingerprint density at radius 2 is 2.36 bits per heavy atom. The predicted octanol–water partition coefficient (Wildman–Crippen LogP) is -0.710. The highest BCUT2D eigenvalue weighted by Crippen LogP contribution is 2.11. The Morgan fingerprint density at radius 3 is 2.73 bits per heavy atom. The molecule has 0 aromatic heterocycles. The van der Waals surface area contributed by atoms with Crippen LogP contribution in [0.15, 0.2) is 0 Å². The van der Waals surface area contributed by atoms with Crippen LogP contribution in [-0.2, 0) is 14.3 Å². The third kappa shape index (κ3) is 1.57. The smallest absolute Gasteiger partial charge is 0.317 e. The number of ether oxygens (including phenoxy) is 1. The molecule has 0 amide bonds. The SMILES string of the molecule is COC(=O)[C@H]1CN(C)CC1=O. The highest BCUT2D eigenvalue weighted by Gasteiger charge is 2.34. The molecule has 11 heavy (non-hydrogen) atoms. The number of carbonyl (C=O) groups is 2. The summed E-state index contributed by atoms with van der Waals surface area (Å²) in [5, 5.41) is 0. The van der Waals surface area contributed by atoms with Crippen LogP contribution in [0, 0.1) is 5.92 Å². The third-order valence-corrected chi connectivity index (χ3v) is 1.79. The molecule has 0 aliphatic carbocycles. The minimum Gasteiger partial charge on any atom is -0.468 e. The summed E-state index contributed by atoms with van der Waals surface area (Å²) in [6.07, 6.45) is 0. The molecule has 1 fully saturated rings. The van der Waals surface area contributed by atoms with Crippen molar-refractivity contribution in [1.29, 1.82) is 0 Å². The summed E-state index contributed by atoms with van der Waals surface area (Å²) in [5.41, 5.74) is 0. The number of likely N-dealkylation sites (tertiary alicyclic amines) is 1. The van der Waals surface area contributed by atoms with E-state index >= 15 is 0 Å². The maximum atomic E-state index is 11.0. The number of nitrogens with zero attached hydrogens (tertiary/aromatic N) is 1. The molecule has 0 spiro atoms. The molecular weight excluding hydrogens is 146 g/mol. The van der Waals surface area contributed by atoms with Crippen molar-refractivity contribution in [1.82, 2.24) is 4.90 Å². The van der Waals surface area contributed by atoms with Crippen LogP contribution < -0.4 is 0 Å². The van der Waals surface area contributed by atoms with Crippen molar-refractivity contribution in [3.05, 3.63) is 0 Å². The molecule has 1 heterocycles. The number of hydrogen-bond acceptors (Lipinski definition) is 4. The van der Waals surface area contributed by atoms with Gasteiger partial charge in [-0.2, -0.15) is 0 Å². The van der Waals surface area contributed by atoms with E-state index in [0.29, 0.717) is 13.1 Å². The fourth-order valence-corrected chi connectivity index (χ4v) is 1.20. The van der Waals surface area contributed by atoms with E-state index in [-0.39, 0.29) is 5.78 Å². The van der Waals surface area contributed by atoms with Gasteiger partial charge in [-0.25, -0.2) is 0 Å². The van der Waals surface area contributed by atoms with Crippen LogP contribution in [0.4, 0.5) is 0 Å². The van der Waals surface area contributed by atoms with Gasteiger partial charge in [0.05, 0.1) is 13.7 Å². The van der Waals surface area contributed by atoms with E-state index < -0.39 is 11.9 Å². The second-order valence-corrected chi connectivity index (χ2v) is 2.74. The molecule has 1 saturated heterocycles. The Bertz CT molecular complexity index is 182. The van der Waals surface area contributed by atoms with Crippen molar-refractivity contribution >= 4 is 11.8 Å². The maximum Gasteiger partial charge on any atom is 0.317 e. The molecule has 0 aromatic carbocycles. The van der Waals surface area contributed by atoms with Crippen LogP contribution in [0.5, 0.6) is 0 Å². The molecular formula is C7H11NO3. The first-order valence-electron chi connectivity index (χ1n) is 3.44. The van der Waals surface area contributed by atoms with Crippen LogP contribution in [-0.4, -0.2) is 43.9 Å². The molecule has 0 N–H and O–H groups in total. The van der Waals surface area contributed by atoms with E-state index in [1.807, 2.05) is 4.90 Å². The maximum absolute atomic E-state index is 11.0. The van der Waals surface area contributed by atoms with E-state index in [0.717, 1.165) is 0 Å². The largest absolute Gasteiger partial charge is 0.468 e. The molecule has 1 atom stereocenters. The average molecular weight is 157 g/mol. The molecule has 1 aliphatic rings. The molecule has 4 nitrogen and oxygen atoms in total. The van der Waals surface area contributed by atoms with E-state index in [2.05, 4.69) is 4.74 Å². The molecule has 0 bridgehead atoms.